The van der Waals surface area contributed by atoms with Gasteiger partial charge in [-0.25, -0.2) is 0 Å². The Kier molecular flexibility index (Phi) is 4.62. The summed E-state index contributed by atoms with van der Waals surface area (Å²) in [5.74, 6) is 0. The Labute approximate surface area is 107 Å². The van der Waals surface area contributed by atoms with E-state index in [-0.39, 0.29) is 5.54 Å². The fourth-order valence-electron chi connectivity index (χ4n) is 1.33. The molecule has 1 unspecified atom stereocenters. The molecular weight excluding hydrogens is 245 g/mol. The van der Waals surface area contributed by atoms with Crippen molar-refractivity contribution in [2.75, 3.05) is 6.54 Å². The summed E-state index contributed by atoms with van der Waals surface area (Å²) in [7, 11) is 0. The van der Waals surface area contributed by atoms with Crippen molar-refractivity contribution in [3.63, 3.8) is 0 Å². The highest BCUT2D eigenvalue weighted by molar-refractivity contribution is 6.36. The van der Waals surface area contributed by atoms with E-state index < -0.39 is 6.10 Å². The van der Waals surface area contributed by atoms with Gasteiger partial charge in [0.25, 0.3) is 0 Å². The third-order valence-corrected chi connectivity index (χ3v) is 2.82. The van der Waals surface area contributed by atoms with Crippen LogP contribution in [0.25, 0.3) is 0 Å². The summed E-state index contributed by atoms with van der Waals surface area (Å²) in [6.07, 6.45) is -0.694. The summed E-state index contributed by atoms with van der Waals surface area (Å²) in [4.78, 5) is 0. The van der Waals surface area contributed by atoms with Crippen molar-refractivity contribution in [2.45, 2.75) is 32.4 Å². The Morgan fingerprint density at radius 3 is 2.19 bits per heavy atom. The monoisotopic (exact) mass is 261 g/mol. The average molecular weight is 262 g/mol. The van der Waals surface area contributed by atoms with Crippen LogP contribution >= 0.6 is 23.2 Å². The number of aliphatic hydroxyl groups is 1. The molecule has 1 rings (SSSR count). The zero-order valence-corrected chi connectivity index (χ0v) is 11.2. The molecule has 0 spiro atoms. The highest BCUT2D eigenvalue weighted by atomic mass is 35.5. The fraction of sp³-hybridized carbons (Fsp3) is 0.500. The summed E-state index contributed by atoms with van der Waals surface area (Å²) >= 11 is 12.0. The molecule has 0 saturated heterocycles. The molecule has 0 amide bonds. The zero-order valence-electron chi connectivity index (χ0n) is 9.72. The molecule has 16 heavy (non-hydrogen) atoms. The van der Waals surface area contributed by atoms with Gasteiger partial charge < -0.3 is 10.4 Å². The standard InChI is InChI=1S/C12H17Cl2NO/c1-12(2,3)15-7-10(16)11-8(13)5-4-6-9(11)14/h4-6,10,15-16H,7H2,1-3H3. The van der Waals surface area contributed by atoms with Gasteiger partial charge in [-0.2, -0.15) is 0 Å². The summed E-state index contributed by atoms with van der Waals surface area (Å²) in [6, 6.07) is 5.21. The number of hydrogen-bond acceptors (Lipinski definition) is 2. The number of benzene rings is 1. The van der Waals surface area contributed by atoms with E-state index in [1.165, 1.54) is 0 Å². The largest absolute Gasteiger partial charge is 0.387 e. The van der Waals surface area contributed by atoms with Crippen LogP contribution in [-0.4, -0.2) is 17.2 Å². The maximum atomic E-state index is 10.0. The Morgan fingerprint density at radius 2 is 1.75 bits per heavy atom. The molecule has 0 bridgehead atoms. The second-order valence-electron chi connectivity index (χ2n) is 4.78. The van der Waals surface area contributed by atoms with Gasteiger partial charge >= 0.3 is 0 Å². The number of halogens is 2. The van der Waals surface area contributed by atoms with Crippen molar-refractivity contribution in [3.8, 4) is 0 Å². The first-order valence-corrected chi connectivity index (χ1v) is 5.94. The molecule has 1 atom stereocenters. The lowest BCUT2D eigenvalue weighted by molar-refractivity contribution is 0.163. The van der Waals surface area contributed by atoms with Crippen molar-refractivity contribution in [3.05, 3.63) is 33.8 Å². The lowest BCUT2D eigenvalue weighted by Crippen LogP contribution is -2.38. The second-order valence-corrected chi connectivity index (χ2v) is 5.60. The molecule has 2 nitrogen and oxygen atoms in total. The molecule has 4 heteroatoms. The second kappa shape index (κ2) is 5.37. The molecule has 0 aliphatic heterocycles. The first-order valence-electron chi connectivity index (χ1n) is 5.18. The quantitative estimate of drug-likeness (QED) is 0.874. The minimum atomic E-state index is -0.694. The Balaban J connectivity index is 2.77. The van der Waals surface area contributed by atoms with Crippen LogP contribution in [0.1, 0.15) is 32.4 Å². The first-order chi connectivity index (χ1) is 7.31. The smallest absolute Gasteiger partial charge is 0.0943 e. The Morgan fingerprint density at radius 1 is 1.25 bits per heavy atom. The molecule has 0 radical (unpaired) electrons. The molecule has 90 valence electrons. The number of aliphatic hydroxyl groups excluding tert-OH is 1. The normalized spacial score (nSPS) is 13.9. The van der Waals surface area contributed by atoms with E-state index in [0.717, 1.165) is 0 Å². The minimum Gasteiger partial charge on any atom is -0.387 e. The maximum Gasteiger partial charge on any atom is 0.0943 e. The van der Waals surface area contributed by atoms with E-state index in [1.807, 2.05) is 20.8 Å². The third kappa shape index (κ3) is 3.95. The van der Waals surface area contributed by atoms with E-state index in [4.69, 9.17) is 23.2 Å². The van der Waals surface area contributed by atoms with Crippen molar-refractivity contribution in [1.29, 1.82) is 0 Å². The SMILES string of the molecule is CC(C)(C)NCC(O)c1c(Cl)cccc1Cl. The van der Waals surface area contributed by atoms with Gasteiger partial charge in [-0.05, 0) is 32.9 Å². The van der Waals surface area contributed by atoms with Crippen LogP contribution in [-0.2, 0) is 0 Å². The van der Waals surface area contributed by atoms with Crippen molar-refractivity contribution in [2.24, 2.45) is 0 Å². The van der Waals surface area contributed by atoms with Crippen molar-refractivity contribution in [1.82, 2.24) is 5.32 Å². The van der Waals surface area contributed by atoms with Crippen molar-refractivity contribution >= 4 is 23.2 Å². The lowest BCUT2D eigenvalue weighted by Gasteiger charge is -2.23. The van der Waals surface area contributed by atoms with Gasteiger partial charge in [0.2, 0.25) is 0 Å². The number of β-amino-alcohol motifs (C(OH)–C–C–N with tert-alkyl or cyclic N) is 1. The maximum absolute atomic E-state index is 10.0. The van der Waals surface area contributed by atoms with Gasteiger partial charge in [0.15, 0.2) is 0 Å². The average Bonchev–Trinajstić information content (AvgIpc) is 2.13. The van der Waals surface area contributed by atoms with Gasteiger partial charge in [0.05, 0.1) is 6.10 Å². The lowest BCUT2D eigenvalue weighted by atomic mass is 10.1. The predicted molar refractivity (Wildman–Crippen MR) is 69.2 cm³/mol. The van der Waals surface area contributed by atoms with Gasteiger partial charge in [-0.1, -0.05) is 29.3 Å². The van der Waals surface area contributed by atoms with Gasteiger partial charge in [-0.3, -0.25) is 0 Å². The number of nitrogens with one attached hydrogen (secondary N) is 1. The summed E-state index contributed by atoms with van der Waals surface area (Å²) in [6.45, 7) is 6.53. The van der Waals surface area contributed by atoms with Crippen LogP contribution in [0, 0.1) is 0 Å². The van der Waals surface area contributed by atoms with E-state index in [2.05, 4.69) is 5.32 Å². The van der Waals surface area contributed by atoms with Crippen LogP contribution in [0.5, 0.6) is 0 Å². The zero-order chi connectivity index (χ0) is 12.3. The topological polar surface area (TPSA) is 32.3 Å². The molecule has 0 heterocycles. The van der Waals surface area contributed by atoms with E-state index >= 15 is 0 Å². The van der Waals surface area contributed by atoms with Gasteiger partial charge in [0, 0.05) is 27.7 Å². The molecule has 0 aromatic heterocycles. The predicted octanol–water partition coefficient (Wildman–Crippen LogP) is 3.41. The molecule has 1 aromatic rings. The van der Waals surface area contributed by atoms with Crippen LogP contribution in [0.15, 0.2) is 18.2 Å². The number of hydrogen-bond donors (Lipinski definition) is 2. The molecule has 2 N–H and O–H groups in total. The van der Waals surface area contributed by atoms with Crippen LogP contribution in [0.3, 0.4) is 0 Å². The highest BCUT2D eigenvalue weighted by Gasteiger charge is 2.17. The summed E-state index contributed by atoms with van der Waals surface area (Å²) in [5.41, 5.74) is 0.539. The molecule has 0 fully saturated rings. The highest BCUT2D eigenvalue weighted by Crippen LogP contribution is 2.30. The summed E-state index contributed by atoms with van der Waals surface area (Å²) in [5, 5.41) is 14.2. The van der Waals surface area contributed by atoms with Crippen LogP contribution in [0.4, 0.5) is 0 Å². The van der Waals surface area contributed by atoms with E-state index in [9.17, 15) is 5.11 Å². The summed E-state index contributed by atoms with van der Waals surface area (Å²) < 4.78 is 0. The molecular formula is C12H17Cl2NO. The Hall–Kier alpha value is -0.280. The minimum absolute atomic E-state index is 0.0469. The Bertz CT molecular complexity index is 340. The van der Waals surface area contributed by atoms with Crippen LogP contribution < -0.4 is 5.32 Å². The van der Waals surface area contributed by atoms with Crippen molar-refractivity contribution < 1.29 is 5.11 Å². The molecule has 0 aliphatic carbocycles. The first kappa shape index (κ1) is 13.8. The van der Waals surface area contributed by atoms with E-state index in [0.29, 0.717) is 22.2 Å². The molecule has 0 saturated carbocycles. The van der Waals surface area contributed by atoms with E-state index in [1.54, 1.807) is 18.2 Å². The molecule has 0 aliphatic rings. The third-order valence-electron chi connectivity index (χ3n) is 2.16. The molecule has 1 aromatic carbocycles. The van der Waals surface area contributed by atoms with Crippen LogP contribution in [0.2, 0.25) is 10.0 Å². The van der Waals surface area contributed by atoms with Gasteiger partial charge in [0.1, 0.15) is 0 Å². The fourth-order valence-corrected chi connectivity index (χ4v) is 1.98. The van der Waals surface area contributed by atoms with Gasteiger partial charge in [-0.15, -0.1) is 0 Å². The number of rotatable bonds is 3.